The molecule has 5 heteroatoms. The fourth-order valence-corrected chi connectivity index (χ4v) is 1.65. The fraction of sp³-hybridized carbons (Fsp3) is 0.500. The monoisotopic (exact) mass is 238 g/mol. The minimum atomic E-state index is -0.941. The standard InChI is InChI=1S/C12H18N2O3/c1-9-5-6-13-11(10(9)12(15)16)14(2)7-4-8-17-3/h5-6H,4,7-8H2,1-3H3,(H,15,16). The van der Waals surface area contributed by atoms with Gasteiger partial charge in [-0.3, -0.25) is 0 Å². The lowest BCUT2D eigenvalue weighted by Crippen LogP contribution is -2.23. The number of carboxylic acids is 1. The molecule has 17 heavy (non-hydrogen) atoms. The van der Waals surface area contributed by atoms with Gasteiger partial charge in [0.2, 0.25) is 0 Å². The van der Waals surface area contributed by atoms with Crippen molar-refractivity contribution in [3.63, 3.8) is 0 Å². The largest absolute Gasteiger partial charge is 0.478 e. The topological polar surface area (TPSA) is 62.7 Å². The zero-order valence-corrected chi connectivity index (χ0v) is 10.4. The Bertz CT molecular complexity index is 393. The maximum atomic E-state index is 11.2. The summed E-state index contributed by atoms with van der Waals surface area (Å²) in [5.41, 5.74) is 0.994. The summed E-state index contributed by atoms with van der Waals surface area (Å²) in [5, 5.41) is 9.18. The van der Waals surface area contributed by atoms with Gasteiger partial charge in [-0.2, -0.15) is 0 Å². The number of nitrogens with zero attached hydrogens (tertiary/aromatic N) is 2. The zero-order valence-electron chi connectivity index (χ0n) is 10.4. The molecule has 0 unspecified atom stereocenters. The van der Waals surface area contributed by atoms with E-state index in [1.807, 2.05) is 11.9 Å². The summed E-state index contributed by atoms with van der Waals surface area (Å²) < 4.78 is 4.97. The third-order valence-electron chi connectivity index (χ3n) is 2.56. The van der Waals surface area contributed by atoms with Crippen LogP contribution in [0.3, 0.4) is 0 Å². The van der Waals surface area contributed by atoms with E-state index in [2.05, 4.69) is 4.98 Å². The van der Waals surface area contributed by atoms with Crippen LogP contribution in [0, 0.1) is 6.92 Å². The van der Waals surface area contributed by atoms with E-state index >= 15 is 0 Å². The van der Waals surface area contributed by atoms with E-state index in [9.17, 15) is 9.90 Å². The second kappa shape index (κ2) is 6.20. The van der Waals surface area contributed by atoms with Crippen molar-refractivity contribution in [3.05, 3.63) is 23.4 Å². The summed E-state index contributed by atoms with van der Waals surface area (Å²) in [4.78, 5) is 17.2. The van der Waals surface area contributed by atoms with E-state index in [0.717, 1.165) is 12.0 Å². The van der Waals surface area contributed by atoms with E-state index in [0.29, 0.717) is 19.0 Å². The maximum Gasteiger partial charge on any atom is 0.339 e. The van der Waals surface area contributed by atoms with Gasteiger partial charge in [0.1, 0.15) is 11.4 Å². The molecule has 0 saturated heterocycles. The Labute approximate surface area is 101 Å². The normalized spacial score (nSPS) is 10.3. The van der Waals surface area contributed by atoms with E-state index in [1.165, 1.54) is 0 Å². The van der Waals surface area contributed by atoms with Crippen molar-refractivity contribution in [2.75, 3.05) is 32.2 Å². The van der Waals surface area contributed by atoms with Crippen LogP contribution in [-0.4, -0.2) is 43.4 Å². The van der Waals surface area contributed by atoms with Crippen molar-refractivity contribution in [1.82, 2.24) is 4.98 Å². The van der Waals surface area contributed by atoms with Crippen molar-refractivity contribution in [3.8, 4) is 0 Å². The fourth-order valence-electron chi connectivity index (χ4n) is 1.65. The quantitative estimate of drug-likeness (QED) is 0.762. The van der Waals surface area contributed by atoms with Gasteiger partial charge < -0.3 is 14.7 Å². The average molecular weight is 238 g/mol. The van der Waals surface area contributed by atoms with Crippen molar-refractivity contribution in [2.45, 2.75) is 13.3 Å². The molecule has 1 rings (SSSR count). The van der Waals surface area contributed by atoms with Crippen molar-refractivity contribution in [2.24, 2.45) is 0 Å². The molecule has 0 bridgehead atoms. The van der Waals surface area contributed by atoms with Crippen LogP contribution in [0.5, 0.6) is 0 Å². The molecular formula is C12H18N2O3. The first-order valence-electron chi connectivity index (χ1n) is 5.47. The number of methoxy groups -OCH3 is 1. The molecule has 1 aromatic rings. The molecular weight excluding hydrogens is 220 g/mol. The molecule has 1 N–H and O–H groups in total. The molecule has 0 aliphatic rings. The average Bonchev–Trinajstić information content (AvgIpc) is 2.28. The second-order valence-corrected chi connectivity index (χ2v) is 3.90. The van der Waals surface area contributed by atoms with Crippen LogP contribution in [0.4, 0.5) is 5.82 Å². The first kappa shape index (κ1) is 13.4. The van der Waals surface area contributed by atoms with Gasteiger partial charge in [0.25, 0.3) is 0 Å². The molecule has 0 amide bonds. The first-order valence-corrected chi connectivity index (χ1v) is 5.47. The smallest absolute Gasteiger partial charge is 0.339 e. The highest BCUT2D eigenvalue weighted by molar-refractivity contribution is 5.94. The molecule has 5 nitrogen and oxygen atoms in total. The molecule has 1 heterocycles. The van der Waals surface area contributed by atoms with Crippen molar-refractivity contribution >= 4 is 11.8 Å². The highest BCUT2D eigenvalue weighted by atomic mass is 16.5. The number of anilines is 1. The Hall–Kier alpha value is -1.62. The van der Waals surface area contributed by atoms with Crippen LogP contribution >= 0.6 is 0 Å². The Balaban J connectivity index is 2.89. The molecule has 0 atom stereocenters. The maximum absolute atomic E-state index is 11.2. The van der Waals surface area contributed by atoms with Crippen LogP contribution in [-0.2, 0) is 4.74 Å². The Morgan fingerprint density at radius 1 is 1.59 bits per heavy atom. The number of ether oxygens (including phenoxy) is 1. The summed E-state index contributed by atoms with van der Waals surface area (Å²) in [6.07, 6.45) is 2.46. The summed E-state index contributed by atoms with van der Waals surface area (Å²) in [5.74, 6) is -0.433. The van der Waals surface area contributed by atoms with E-state index in [4.69, 9.17) is 4.74 Å². The molecule has 0 radical (unpaired) electrons. The third-order valence-corrected chi connectivity index (χ3v) is 2.56. The first-order chi connectivity index (χ1) is 8.07. The number of carbonyl (C=O) groups is 1. The highest BCUT2D eigenvalue weighted by Crippen LogP contribution is 2.19. The lowest BCUT2D eigenvalue weighted by molar-refractivity contribution is 0.0696. The molecule has 0 aromatic carbocycles. The summed E-state index contributed by atoms with van der Waals surface area (Å²) >= 11 is 0. The molecule has 0 fully saturated rings. The predicted octanol–water partition coefficient (Wildman–Crippen LogP) is 1.56. The van der Waals surface area contributed by atoms with Gasteiger partial charge in [0, 0.05) is 33.5 Å². The lowest BCUT2D eigenvalue weighted by Gasteiger charge is -2.20. The lowest BCUT2D eigenvalue weighted by atomic mass is 10.1. The van der Waals surface area contributed by atoms with Crippen LogP contribution in [0.25, 0.3) is 0 Å². The molecule has 0 aliphatic heterocycles. The molecule has 1 aromatic heterocycles. The number of aromatic carboxylic acids is 1. The van der Waals surface area contributed by atoms with Crippen LogP contribution < -0.4 is 4.90 Å². The van der Waals surface area contributed by atoms with Gasteiger partial charge in [-0.15, -0.1) is 0 Å². The number of carboxylic acid groups (broad SMARTS) is 1. The van der Waals surface area contributed by atoms with Crippen molar-refractivity contribution < 1.29 is 14.6 Å². The number of aryl methyl sites for hydroxylation is 1. The molecule has 0 spiro atoms. The third kappa shape index (κ3) is 3.42. The summed E-state index contributed by atoms with van der Waals surface area (Å²) in [6.45, 7) is 3.14. The van der Waals surface area contributed by atoms with E-state index < -0.39 is 5.97 Å². The van der Waals surface area contributed by atoms with Crippen LogP contribution in [0.15, 0.2) is 12.3 Å². The van der Waals surface area contributed by atoms with E-state index in [-0.39, 0.29) is 5.56 Å². The van der Waals surface area contributed by atoms with Crippen molar-refractivity contribution in [1.29, 1.82) is 0 Å². The number of hydrogen-bond donors (Lipinski definition) is 1. The van der Waals surface area contributed by atoms with Gasteiger partial charge in [0.15, 0.2) is 0 Å². The summed E-state index contributed by atoms with van der Waals surface area (Å²) in [6, 6.07) is 1.70. The van der Waals surface area contributed by atoms with Crippen LogP contribution in [0.1, 0.15) is 22.3 Å². The zero-order chi connectivity index (χ0) is 12.8. The molecule has 0 saturated carbocycles. The Kier molecular flexibility index (Phi) is 4.90. The predicted molar refractivity (Wildman–Crippen MR) is 65.7 cm³/mol. The number of pyridine rings is 1. The highest BCUT2D eigenvalue weighted by Gasteiger charge is 2.17. The van der Waals surface area contributed by atoms with Gasteiger partial charge in [-0.1, -0.05) is 0 Å². The van der Waals surface area contributed by atoms with Gasteiger partial charge >= 0.3 is 5.97 Å². The minimum Gasteiger partial charge on any atom is -0.478 e. The van der Waals surface area contributed by atoms with Gasteiger partial charge in [0.05, 0.1) is 0 Å². The van der Waals surface area contributed by atoms with Gasteiger partial charge in [-0.05, 0) is 25.0 Å². The minimum absolute atomic E-state index is 0.271. The Morgan fingerprint density at radius 2 is 2.29 bits per heavy atom. The van der Waals surface area contributed by atoms with E-state index in [1.54, 1.807) is 26.3 Å². The molecule has 0 aliphatic carbocycles. The van der Waals surface area contributed by atoms with Crippen LogP contribution in [0.2, 0.25) is 0 Å². The summed E-state index contributed by atoms with van der Waals surface area (Å²) in [7, 11) is 3.48. The number of aromatic nitrogens is 1. The second-order valence-electron chi connectivity index (χ2n) is 3.90. The number of hydrogen-bond acceptors (Lipinski definition) is 4. The SMILES string of the molecule is COCCCN(C)c1nccc(C)c1C(=O)O. The number of rotatable bonds is 6. The molecule has 94 valence electrons. The Morgan fingerprint density at radius 3 is 2.88 bits per heavy atom. The van der Waals surface area contributed by atoms with Gasteiger partial charge in [-0.25, -0.2) is 9.78 Å².